The second kappa shape index (κ2) is 5.88. The number of hydrogen-bond donors (Lipinski definition) is 1. The predicted octanol–water partition coefficient (Wildman–Crippen LogP) is 0.740. The monoisotopic (exact) mass is 189 g/mol. The van der Waals surface area contributed by atoms with Crippen LogP contribution in [0.2, 0.25) is 0 Å². The van der Waals surface area contributed by atoms with Gasteiger partial charge in [-0.3, -0.25) is 0 Å². The first-order chi connectivity index (χ1) is 5.34. The van der Waals surface area contributed by atoms with E-state index in [4.69, 9.17) is 0 Å². The van der Waals surface area contributed by atoms with Crippen LogP contribution in [0.5, 0.6) is 0 Å². The van der Waals surface area contributed by atoms with E-state index in [0.29, 0.717) is 0 Å². The lowest BCUT2D eigenvalue weighted by atomic mass is 10.4. The summed E-state index contributed by atoms with van der Waals surface area (Å²) in [6.45, 7) is 2.66. The number of nitrogens with one attached hydrogen (secondary N) is 1. The van der Waals surface area contributed by atoms with E-state index < -0.39 is 11.0 Å². The van der Waals surface area contributed by atoms with E-state index in [0.717, 1.165) is 11.4 Å². The molecular weight excluding hydrogens is 174 g/mol. The fourth-order valence-electron chi connectivity index (χ4n) is 0.759. The van der Waals surface area contributed by atoms with Crippen molar-refractivity contribution < 1.29 is 11.1 Å². The number of rotatable bonds is 3. The highest BCUT2D eigenvalue weighted by atomic mass is 32.2. The van der Waals surface area contributed by atoms with E-state index >= 15 is 0 Å². The lowest BCUT2D eigenvalue weighted by Gasteiger charge is -1.99. The van der Waals surface area contributed by atoms with Crippen molar-refractivity contribution in [2.24, 2.45) is 0 Å². The molecule has 12 heavy (non-hydrogen) atoms. The maximum atomic E-state index is 11.2. The lowest BCUT2D eigenvalue weighted by molar-refractivity contribution is 0.674. The minimum atomic E-state index is -1.03. The summed E-state index contributed by atoms with van der Waals surface area (Å²) in [5.74, 6) is 0. The Labute approximate surface area is 76.2 Å². The molecule has 1 aromatic carbocycles. The van der Waals surface area contributed by atoms with E-state index in [1.807, 2.05) is 37.3 Å². The third kappa shape index (κ3) is 3.13. The molecule has 1 unspecified atom stereocenters. The number of hydrogen-bond acceptors (Lipinski definition) is 1. The molecule has 0 aliphatic carbocycles. The summed E-state index contributed by atoms with van der Waals surface area (Å²) in [7, 11) is -1.03. The SMILES string of the molecule is CCNS(=O)c1ccccc1.O.[HH]. The second-order valence-electron chi connectivity index (χ2n) is 2.08. The van der Waals surface area contributed by atoms with Gasteiger partial charge in [-0.2, -0.15) is 0 Å². The van der Waals surface area contributed by atoms with E-state index in [9.17, 15) is 4.21 Å². The lowest BCUT2D eigenvalue weighted by Crippen LogP contribution is -2.15. The molecule has 0 amide bonds. The summed E-state index contributed by atoms with van der Waals surface area (Å²) in [6.07, 6.45) is 0. The van der Waals surface area contributed by atoms with Crippen LogP contribution < -0.4 is 4.72 Å². The highest BCUT2D eigenvalue weighted by Crippen LogP contribution is 2.01. The van der Waals surface area contributed by atoms with Crippen LogP contribution in [0.1, 0.15) is 8.35 Å². The Morgan fingerprint density at radius 3 is 2.50 bits per heavy atom. The Kier molecular flexibility index (Phi) is 5.53. The molecule has 0 aliphatic heterocycles. The maximum Gasteiger partial charge on any atom is 0.124 e. The van der Waals surface area contributed by atoms with Gasteiger partial charge >= 0.3 is 0 Å². The van der Waals surface area contributed by atoms with Crippen LogP contribution >= 0.6 is 0 Å². The van der Waals surface area contributed by atoms with Gasteiger partial charge in [0.15, 0.2) is 0 Å². The Balaban J connectivity index is 0. The van der Waals surface area contributed by atoms with Gasteiger partial charge in [-0.25, -0.2) is 8.93 Å². The Hall–Kier alpha value is -0.710. The van der Waals surface area contributed by atoms with Crippen LogP contribution in [-0.4, -0.2) is 16.2 Å². The molecule has 1 aromatic rings. The average molecular weight is 189 g/mol. The van der Waals surface area contributed by atoms with Crippen LogP contribution in [0.15, 0.2) is 35.2 Å². The molecule has 0 spiro atoms. The Morgan fingerprint density at radius 2 is 2.00 bits per heavy atom. The van der Waals surface area contributed by atoms with Gasteiger partial charge in [0.1, 0.15) is 11.0 Å². The fraction of sp³-hybridized carbons (Fsp3) is 0.250. The standard InChI is InChI=1S/C8H11NOS.H2O.H2/c1-2-9-11(10)8-6-4-3-5-7-8;;/h3-7,9H,2H2,1H3;1H2;1H. The molecule has 0 aromatic heterocycles. The first kappa shape index (κ1) is 11.3. The summed E-state index contributed by atoms with van der Waals surface area (Å²) < 4.78 is 14.1. The Morgan fingerprint density at radius 1 is 1.42 bits per heavy atom. The van der Waals surface area contributed by atoms with Gasteiger partial charge in [0, 0.05) is 7.97 Å². The van der Waals surface area contributed by atoms with Gasteiger partial charge in [0.05, 0.1) is 4.90 Å². The quantitative estimate of drug-likeness (QED) is 0.749. The van der Waals surface area contributed by atoms with E-state index in [2.05, 4.69) is 4.72 Å². The molecule has 0 bridgehead atoms. The third-order valence-corrected chi connectivity index (χ3v) is 2.48. The average Bonchev–Trinajstić information content (AvgIpc) is 2.07. The van der Waals surface area contributed by atoms with Gasteiger partial charge in [-0.05, 0) is 12.1 Å². The molecule has 3 N–H and O–H groups in total. The molecule has 0 fully saturated rings. The summed E-state index contributed by atoms with van der Waals surface area (Å²) in [5.41, 5.74) is 0. The van der Waals surface area contributed by atoms with Crippen molar-refractivity contribution in [3.8, 4) is 0 Å². The molecule has 4 heteroatoms. The van der Waals surface area contributed by atoms with Gasteiger partial charge in [0.2, 0.25) is 0 Å². The highest BCUT2D eigenvalue weighted by molar-refractivity contribution is 7.83. The van der Waals surface area contributed by atoms with E-state index in [1.165, 1.54) is 0 Å². The van der Waals surface area contributed by atoms with Crippen LogP contribution in [0.25, 0.3) is 0 Å². The molecule has 3 nitrogen and oxygen atoms in total. The van der Waals surface area contributed by atoms with E-state index in [-0.39, 0.29) is 6.90 Å². The van der Waals surface area contributed by atoms with Crippen molar-refractivity contribution in [1.82, 2.24) is 4.72 Å². The van der Waals surface area contributed by atoms with E-state index in [1.54, 1.807) is 0 Å². The van der Waals surface area contributed by atoms with Crippen molar-refractivity contribution in [2.75, 3.05) is 6.54 Å². The summed E-state index contributed by atoms with van der Waals surface area (Å²) in [6, 6.07) is 9.36. The molecule has 70 valence electrons. The Bertz CT molecular complexity index is 243. The zero-order chi connectivity index (χ0) is 8.10. The van der Waals surface area contributed by atoms with Gasteiger partial charge < -0.3 is 5.48 Å². The van der Waals surface area contributed by atoms with Gasteiger partial charge in [-0.15, -0.1) is 0 Å². The minimum absolute atomic E-state index is 0. The second-order valence-corrected chi connectivity index (χ2v) is 3.38. The van der Waals surface area contributed by atoms with Crippen LogP contribution in [0, 0.1) is 0 Å². The van der Waals surface area contributed by atoms with Crippen LogP contribution in [-0.2, 0) is 11.0 Å². The molecule has 0 saturated carbocycles. The van der Waals surface area contributed by atoms with Crippen LogP contribution in [0.4, 0.5) is 0 Å². The van der Waals surface area contributed by atoms with Crippen molar-refractivity contribution in [2.45, 2.75) is 11.8 Å². The highest BCUT2D eigenvalue weighted by Gasteiger charge is 1.97. The largest absolute Gasteiger partial charge is 0.412 e. The third-order valence-electron chi connectivity index (χ3n) is 1.23. The summed E-state index contributed by atoms with van der Waals surface area (Å²) >= 11 is 0. The minimum Gasteiger partial charge on any atom is -0.412 e. The predicted molar refractivity (Wildman–Crippen MR) is 52.3 cm³/mol. The first-order valence-electron chi connectivity index (χ1n) is 3.55. The zero-order valence-corrected chi connectivity index (χ0v) is 7.73. The summed E-state index contributed by atoms with van der Waals surface area (Å²) in [4.78, 5) is 0.828. The van der Waals surface area contributed by atoms with Crippen molar-refractivity contribution >= 4 is 11.0 Å². The summed E-state index contributed by atoms with van der Waals surface area (Å²) in [5, 5.41) is 0. The molecule has 1 atom stereocenters. The molecule has 0 heterocycles. The smallest absolute Gasteiger partial charge is 0.124 e. The zero-order valence-electron chi connectivity index (χ0n) is 6.91. The van der Waals surface area contributed by atoms with Gasteiger partial charge in [-0.1, -0.05) is 25.1 Å². The fourth-order valence-corrected chi connectivity index (χ4v) is 1.59. The van der Waals surface area contributed by atoms with Crippen molar-refractivity contribution in [3.63, 3.8) is 0 Å². The van der Waals surface area contributed by atoms with Crippen LogP contribution in [0.3, 0.4) is 0 Å². The normalized spacial score (nSPS) is 11.8. The molecule has 1 rings (SSSR count). The number of benzene rings is 1. The van der Waals surface area contributed by atoms with Crippen molar-refractivity contribution in [1.29, 1.82) is 0 Å². The molecular formula is C8H15NO2S. The molecule has 0 radical (unpaired) electrons. The molecule has 0 saturated heterocycles. The first-order valence-corrected chi connectivity index (χ1v) is 4.70. The topological polar surface area (TPSA) is 60.6 Å². The maximum absolute atomic E-state index is 11.2. The van der Waals surface area contributed by atoms with Gasteiger partial charge in [0.25, 0.3) is 0 Å². The van der Waals surface area contributed by atoms with Crippen molar-refractivity contribution in [3.05, 3.63) is 30.3 Å². The molecule has 0 aliphatic rings.